The summed E-state index contributed by atoms with van der Waals surface area (Å²) < 4.78 is 0.823. The van der Waals surface area contributed by atoms with E-state index in [-0.39, 0.29) is 5.75 Å². The van der Waals surface area contributed by atoms with Crippen LogP contribution in [0.1, 0.15) is 11.1 Å². The SMILES string of the molecule is Cc1c(O)ccc(CC#N)c1Br. The molecule has 0 bridgehead atoms. The summed E-state index contributed by atoms with van der Waals surface area (Å²) in [5.41, 5.74) is 1.69. The molecule has 0 aliphatic rings. The van der Waals surface area contributed by atoms with E-state index in [1.807, 2.05) is 0 Å². The van der Waals surface area contributed by atoms with Gasteiger partial charge in [-0.1, -0.05) is 22.0 Å². The Labute approximate surface area is 79.6 Å². The molecular weight excluding hydrogens is 218 g/mol. The van der Waals surface area contributed by atoms with Crippen molar-refractivity contribution in [3.8, 4) is 11.8 Å². The minimum Gasteiger partial charge on any atom is -0.508 e. The van der Waals surface area contributed by atoms with E-state index < -0.39 is 0 Å². The van der Waals surface area contributed by atoms with Gasteiger partial charge in [-0.15, -0.1) is 0 Å². The number of phenols is 1. The summed E-state index contributed by atoms with van der Waals surface area (Å²) in [6, 6.07) is 5.41. The summed E-state index contributed by atoms with van der Waals surface area (Å²) in [5, 5.41) is 17.8. The molecule has 0 saturated heterocycles. The fourth-order valence-corrected chi connectivity index (χ4v) is 1.43. The molecule has 1 aromatic rings. The number of halogens is 1. The summed E-state index contributed by atoms with van der Waals surface area (Å²) in [6.07, 6.45) is 0.363. The van der Waals surface area contributed by atoms with Crippen LogP contribution in [0.15, 0.2) is 16.6 Å². The number of rotatable bonds is 1. The zero-order chi connectivity index (χ0) is 9.14. The Morgan fingerprint density at radius 1 is 1.58 bits per heavy atom. The van der Waals surface area contributed by atoms with Crippen LogP contribution in [-0.4, -0.2) is 5.11 Å². The van der Waals surface area contributed by atoms with E-state index >= 15 is 0 Å². The Morgan fingerprint density at radius 3 is 2.83 bits per heavy atom. The van der Waals surface area contributed by atoms with Crippen LogP contribution in [0.25, 0.3) is 0 Å². The average molecular weight is 226 g/mol. The molecule has 3 heteroatoms. The molecule has 0 fully saturated rings. The third-order valence-electron chi connectivity index (χ3n) is 1.71. The molecule has 0 saturated carbocycles. The minimum absolute atomic E-state index is 0.253. The summed E-state index contributed by atoms with van der Waals surface area (Å²) in [7, 11) is 0. The number of phenolic OH excluding ortho intramolecular Hbond substituents is 1. The molecule has 0 amide bonds. The van der Waals surface area contributed by atoms with Crippen LogP contribution in [0.3, 0.4) is 0 Å². The minimum atomic E-state index is 0.253. The standard InChI is InChI=1S/C9H8BrNO/c1-6-8(12)3-2-7(4-5-11)9(6)10/h2-3,12H,4H2,1H3. The van der Waals surface area contributed by atoms with Gasteiger partial charge in [0, 0.05) is 10.0 Å². The summed E-state index contributed by atoms with van der Waals surface area (Å²) >= 11 is 3.32. The van der Waals surface area contributed by atoms with Gasteiger partial charge in [0.15, 0.2) is 0 Å². The van der Waals surface area contributed by atoms with Crippen LogP contribution in [0.2, 0.25) is 0 Å². The lowest BCUT2D eigenvalue weighted by atomic mass is 10.1. The molecule has 0 atom stereocenters. The van der Waals surface area contributed by atoms with E-state index in [0.29, 0.717) is 6.42 Å². The van der Waals surface area contributed by atoms with Crippen molar-refractivity contribution < 1.29 is 5.11 Å². The Kier molecular flexibility index (Phi) is 2.72. The summed E-state index contributed by atoms with van der Waals surface area (Å²) in [6.45, 7) is 1.81. The second-order valence-electron chi connectivity index (χ2n) is 2.52. The van der Waals surface area contributed by atoms with E-state index in [4.69, 9.17) is 5.26 Å². The van der Waals surface area contributed by atoms with Crippen LogP contribution in [0, 0.1) is 18.3 Å². The van der Waals surface area contributed by atoms with E-state index in [1.165, 1.54) is 0 Å². The normalized spacial score (nSPS) is 9.42. The Bertz CT molecular complexity index is 341. The quantitative estimate of drug-likeness (QED) is 0.799. The van der Waals surface area contributed by atoms with Crippen molar-refractivity contribution in [3.05, 3.63) is 27.7 Å². The van der Waals surface area contributed by atoms with Gasteiger partial charge in [-0.05, 0) is 18.6 Å². The molecule has 0 aromatic heterocycles. The molecule has 0 heterocycles. The van der Waals surface area contributed by atoms with Gasteiger partial charge in [0.2, 0.25) is 0 Å². The van der Waals surface area contributed by atoms with Gasteiger partial charge in [0.1, 0.15) is 5.75 Å². The Balaban J connectivity index is 3.19. The molecule has 1 rings (SSSR count). The van der Waals surface area contributed by atoms with Gasteiger partial charge in [-0.3, -0.25) is 0 Å². The highest BCUT2D eigenvalue weighted by molar-refractivity contribution is 9.10. The molecule has 62 valence electrons. The maximum Gasteiger partial charge on any atom is 0.119 e. The lowest BCUT2D eigenvalue weighted by molar-refractivity contribution is 0.470. The van der Waals surface area contributed by atoms with Crippen LogP contribution < -0.4 is 0 Å². The monoisotopic (exact) mass is 225 g/mol. The Morgan fingerprint density at radius 2 is 2.25 bits per heavy atom. The molecule has 2 nitrogen and oxygen atoms in total. The largest absolute Gasteiger partial charge is 0.508 e. The number of hydrogen-bond acceptors (Lipinski definition) is 2. The zero-order valence-electron chi connectivity index (χ0n) is 6.63. The highest BCUT2D eigenvalue weighted by atomic mass is 79.9. The first-order chi connectivity index (χ1) is 5.66. The van der Waals surface area contributed by atoms with Crippen LogP contribution >= 0.6 is 15.9 Å². The number of nitriles is 1. The molecule has 0 unspecified atom stereocenters. The predicted octanol–water partition coefficient (Wildman–Crippen LogP) is 2.53. The smallest absolute Gasteiger partial charge is 0.119 e. The van der Waals surface area contributed by atoms with Gasteiger partial charge < -0.3 is 5.11 Å². The lowest BCUT2D eigenvalue weighted by Crippen LogP contribution is -1.87. The highest BCUT2D eigenvalue weighted by Crippen LogP contribution is 2.28. The van der Waals surface area contributed by atoms with Crippen molar-refractivity contribution >= 4 is 15.9 Å². The molecule has 0 aliphatic carbocycles. The van der Waals surface area contributed by atoms with Gasteiger partial charge in [0.25, 0.3) is 0 Å². The second kappa shape index (κ2) is 3.59. The van der Waals surface area contributed by atoms with E-state index in [1.54, 1.807) is 19.1 Å². The topological polar surface area (TPSA) is 44.0 Å². The third kappa shape index (κ3) is 1.59. The lowest BCUT2D eigenvalue weighted by Gasteiger charge is -2.04. The number of benzene rings is 1. The summed E-state index contributed by atoms with van der Waals surface area (Å²) in [4.78, 5) is 0. The fraction of sp³-hybridized carbons (Fsp3) is 0.222. The van der Waals surface area contributed by atoms with Crippen LogP contribution in [0.4, 0.5) is 0 Å². The first-order valence-corrected chi connectivity index (χ1v) is 4.30. The number of nitrogens with zero attached hydrogens (tertiary/aromatic N) is 1. The van der Waals surface area contributed by atoms with Gasteiger partial charge in [-0.25, -0.2) is 0 Å². The van der Waals surface area contributed by atoms with Crippen molar-refractivity contribution in [2.45, 2.75) is 13.3 Å². The van der Waals surface area contributed by atoms with Gasteiger partial charge in [-0.2, -0.15) is 5.26 Å². The fourth-order valence-electron chi connectivity index (χ4n) is 0.953. The first-order valence-electron chi connectivity index (χ1n) is 3.50. The third-order valence-corrected chi connectivity index (χ3v) is 2.81. The maximum absolute atomic E-state index is 9.28. The van der Waals surface area contributed by atoms with Crippen molar-refractivity contribution in [2.24, 2.45) is 0 Å². The maximum atomic E-state index is 9.28. The van der Waals surface area contributed by atoms with Crippen molar-refractivity contribution in [3.63, 3.8) is 0 Å². The van der Waals surface area contributed by atoms with Crippen LogP contribution in [0.5, 0.6) is 5.75 Å². The average Bonchev–Trinajstić information content (AvgIpc) is 2.07. The van der Waals surface area contributed by atoms with Crippen molar-refractivity contribution in [2.75, 3.05) is 0 Å². The summed E-state index contributed by atoms with van der Waals surface area (Å²) in [5.74, 6) is 0.253. The van der Waals surface area contributed by atoms with Crippen molar-refractivity contribution in [1.82, 2.24) is 0 Å². The molecule has 0 radical (unpaired) electrons. The van der Waals surface area contributed by atoms with Gasteiger partial charge in [0.05, 0.1) is 12.5 Å². The molecule has 1 N–H and O–H groups in total. The molecular formula is C9H8BrNO. The van der Waals surface area contributed by atoms with E-state index in [2.05, 4.69) is 22.0 Å². The molecule has 0 aliphatic heterocycles. The zero-order valence-corrected chi connectivity index (χ0v) is 8.22. The molecule has 1 aromatic carbocycles. The van der Waals surface area contributed by atoms with Gasteiger partial charge >= 0.3 is 0 Å². The molecule has 0 spiro atoms. The van der Waals surface area contributed by atoms with E-state index in [0.717, 1.165) is 15.6 Å². The van der Waals surface area contributed by atoms with Crippen LogP contribution in [-0.2, 0) is 6.42 Å². The Hall–Kier alpha value is -1.01. The predicted molar refractivity (Wildman–Crippen MR) is 49.9 cm³/mol. The number of aromatic hydroxyl groups is 1. The second-order valence-corrected chi connectivity index (χ2v) is 3.31. The van der Waals surface area contributed by atoms with Crippen molar-refractivity contribution in [1.29, 1.82) is 5.26 Å². The van der Waals surface area contributed by atoms with E-state index in [9.17, 15) is 5.11 Å². The number of hydrogen-bond donors (Lipinski definition) is 1. The highest BCUT2D eigenvalue weighted by Gasteiger charge is 2.05. The molecule has 12 heavy (non-hydrogen) atoms. The first kappa shape index (κ1) is 9.08.